The minimum Gasteiger partial charge on any atom is -0.469 e. The zero-order valence-corrected chi connectivity index (χ0v) is 9.19. The molecule has 80 valence electrons. The summed E-state index contributed by atoms with van der Waals surface area (Å²) >= 11 is 0. The minimum atomic E-state index is -0.163. The lowest BCUT2D eigenvalue weighted by Gasteiger charge is -1.98. The van der Waals surface area contributed by atoms with Crippen LogP contribution in [0.2, 0.25) is 0 Å². The maximum absolute atomic E-state index is 10.8. The first kappa shape index (κ1) is 11.5. The van der Waals surface area contributed by atoms with Crippen LogP contribution in [0.15, 0.2) is 30.3 Å². The Hall–Kier alpha value is -1.57. The van der Waals surface area contributed by atoms with E-state index in [0.717, 1.165) is 6.42 Å². The Balaban J connectivity index is 2.45. The molecule has 0 saturated heterocycles. The van der Waals surface area contributed by atoms with Crippen LogP contribution in [-0.2, 0) is 9.53 Å². The molecule has 0 bridgehead atoms. The van der Waals surface area contributed by atoms with Gasteiger partial charge in [-0.05, 0) is 24.5 Å². The highest BCUT2D eigenvalue weighted by molar-refractivity contribution is 5.69. The van der Waals surface area contributed by atoms with Crippen LogP contribution in [0, 0.1) is 6.92 Å². The average Bonchev–Trinajstić information content (AvgIpc) is 2.26. The van der Waals surface area contributed by atoms with Gasteiger partial charge in [-0.2, -0.15) is 0 Å². The lowest BCUT2D eigenvalue weighted by molar-refractivity contribution is -0.140. The van der Waals surface area contributed by atoms with Gasteiger partial charge in [-0.3, -0.25) is 4.79 Å². The summed E-state index contributed by atoms with van der Waals surface area (Å²) in [5, 5.41) is 0. The van der Waals surface area contributed by atoms with Gasteiger partial charge in [0.2, 0.25) is 0 Å². The Bertz CT molecular complexity index is 353. The fraction of sp³-hybridized carbons (Fsp3) is 0.308. The molecule has 0 N–H and O–H groups in total. The molecule has 0 aliphatic heterocycles. The maximum Gasteiger partial charge on any atom is 0.305 e. The SMILES string of the molecule is COC(=O)CC/C=C/c1ccccc1C. The van der Waals surface area contributed by atoms with Crippen molar-refractivity contribution in [1.82, 2.24) is 0 Å². The second kappa shape index (κ2) is 6.02. The van der Waals surface area contributed by atoms with Crippen LogP contribution in [0.4, 0.5) is 0 Å². The van der Waals surface area contributed by atoms with Crippen LogP contribution in [0.5, 0.6) is 0 Å². The van der Waals surface area contributed by atoms with Crippen molar-refractivity contribution in [2.24, 2.45) is 0 Å². The van der Waals surface area contributed by atoms with Crippen molar-refractivity contribution in [3.63, 3.8) is 0 Å². The van der Waals surface area contributed by atoms with Crippen LogP contribution in [0.3, 0.4) is 0 Å². The standard InChI is InChI=1S/C13H16O2/c1-11-7-3-4-8-12(11)9-5-6-10-13(14)15-2/h3-5,7-9H,6,10H2,1-2H3/b9-5+. The van der Waals surface area contributed by atoms with Crippen molar-refractivity contribution < 1.29 is 9.53 Å². The maximum atomic E-state index is 10.8. The molecule has 0 heterocycles. The smallest absolute Gasteiger partial charge is 0.305 e. The number of ether oxygens (including phenoxy) is 1. The molecule has 0 aliphatic carbocycles. The molecule has 0 fully saturated rings. The van der Waals surface area contributed by atoms with Crippen LogP contribution in [-0.4, -0.2) is 13.1 Å². The first-order valence-corrected chi connectivity index (χ1v) is 5.03. The van der Waals surface area contributed by atoms with Gasteiger partial charge < -0.3 is 4.74 Å². The van der Waals surface area contributed by atoms with E-state index >= 15 is 0 Å². The summed E-state index contributed by atoms with van der Waals surface area (Å²) in [4.78, 5) is 10.8. The molecule has 2 nitrogen and oxygen atoms in total. The highest BCUT2D eigenvalue weighted by Gasteiger charge is 1.96. The highest BCUT2D eigenvalue weighted by atomic mass is 16.5. The Labute approximate surface area is 90.6 Å². The number of esters is 1. The summed E-state index contributed by atoms with van der Waals surface area (Å²) < 4.78 is 4.55. The molecule has 0 saturated carbocycles. The quantitative estimate of drug-likeness (QED) is 0.705. The second-order valence-corrected chi connectivity index (χ2v) is 3.37. The van der Waals surface area contributed by atoms with E-state index in [1.54, 1.807) is 0 Å². The van der Waals surface area contributed by atoms with E-state index < -0.39 is 0 Å². The van der Waals surface area contributed by atoms with Gasteiger partial charge in [-0.25, -0.2) is 0 Å². The molecule has 0 atom stereocenters. The molecule has 0 amide bonds. The second-order valence-electron chi connectivity index (χ2n) is 3.37. The number of benzene rings is 1. The van der Waals surface area contributed by atoms with Gasteiger partial charge >= 0.3 is 5.97 Å². The summed E-state index contributed by atoms with van der Waals surface area (Å²) in [5.41, 5.74) is 2.44. The first-order valence-electron chi connectivity index (χ1n) is 5.03. The summed E-state index contributed by atoms with van der Waals surface area (Å²) in [5.74, 6) is -0.163. The van der Waals surface area contributed by atoms with Crippen LogP contribution >= 0.6 is 0 Å². The summed E-state index contributed by atoms with van der Waals surface area (Å²) in [6.07, 6.45) is 5.21. The van der Waals surface area contributed by atoms with Gasteiger partial charge in [0.15, 0.2) is 0 Å². The number of allylic oxidation sites excluding steroid dienone is 1. The Kier molecular flexibility index (Phi) is 4.61. The number of aryl methyl sites for hydroxylation is 1. The van der Waals surface area contributed by atoms with Gasteiger partial charge in [-0.1, -0.05) is 36.4 Å². The van der Waals surface area contributed by atoms with Gasteiger partial charge in [-0.15, -0.1) is 0 Å². The molecule has 0 aromatic heterocycles. The molecule has 0 unspecified atom stereocenters. The zero-order chi connectivity index (χ0) is 11.1. The van der Waals surface area contributed by atoms with E-state index in [4.69, 9.17) is 0 Å². The number of carbonyl (C=O) groups excluding carboxylic acids is 1. The van der Waals surface area contributed by atoms with Crippen molar-refractivity contribution in [2.75, 3.05) is 7.11 Å². The van der Waals surface area contributed by atoms with Crippen molar-refractivity contribution in [3.05, 3.63) is 41.5 Å². The van der Waals surface area contributed by atoms with Crippen molar-refractivity contribution in [3.8, 4) is 0 Å². The predicted molar refractivity (Wildman–Crippen MR) is 61.5 cm³/mol. The van der Waals surface area contributed by atoms with Gasteiger partial charge in [0.25, 0.3) is 0 Å². The van der Waals surface area contributed by atoms with Crippen LogP contribution in [0.25, 0.3) is 6.08 Å². The third-order valence-corrected chi connectivity index (χ3v) is 2.23. The fourth-order valence-corrected chi connectivity index (χ4v) is 1.29. The van der Waals surface area contributed by atoms with Crippen molar-refractivity contribution in [2.45, 2.75) is 19.8 Å². The van der Waals surface area contributed by atoms with E-state index in [1.807, 2.05) is 24.3 Å². The first-order chi connectivity index (χ1) is 7.24. The number of rotatable bonds is 4. The van der Waals surface area contributed by atoms with Crippen LogP contribution < -0.4 is 0 Å². The Morgan fingerprint density at radius 2 is 2.13 bits per heavy atom. The summed E-state index contributed by atoms with van der Waals surface area (Å²) in [6.45, 7) is 2.07. The number of hydrogen-bond acceptors (Lipinski definition) is 2. The molecule has 15 heavy (non-hydrogen) atoms. The van der Waals surface area contributed by atoms with E-state index in [1.165, 1.54) is 18.2 Å². The van der Waals surface area contributed by atoms with E-state index in [2.05, 4.69) is 23.8 Å². The lowest BCUT2D eigenvalue weighted by Crippen LogP contribution is -1.97. The summed E-state index contributed by atoms with van der Waals surface area (Å²) in [6, 6.07) is 8.15. The van der Waals surface area contributed by atoms with E-state index in [9.17, 15) is 4.79 Å². The zero-order valence-electron chi connectivity index (χ0n) is 9.19. The minimum absolute atomic E-state index is 0.163. The molecule has 0 radical (unpaired) electrons. The summed E-state index contributed by atoms with van der Waals surface area (Å²) in [7, 11) is 1.41. The highest BCUT2D eigenvalue weighted by Crippen LogP contribution is 2.09. The van der Waals surface area contributed by atoms with E-state index in [-0.39, 0.29) is 5.97 Å². The third-order valence-electron chi connectivity index (χ3n) is 2.23. The van der Waals surface area contributed by atoms with Crippen molar-refractivity contribution in [1.29, 1.82) is 0 Å². The normalized spacial score (nSPS) is 10.5. The fourth-order valence-electron chi connectivity index (χ4n) is 1.29. The molecule has 2 heteroatoms. The molecule has 1 aromatic rings. The van der Waals surface area contributed by atoms with Crippen LogP contribution in [0.1, 0.15) is 24.0 Å². The van der Waals surface area contributed by atoms with Gasteiger partial charge in [0.05, 0.1) is 7.11 Å². The third kappa shape index (κ3) is 3.98. The number of hydrogen-bond donors (Lipinski definition) is 0. The molecule has 0 spiro atoms. The largest absolute Gasteiger partial charge is 0.469 e. The lowest BCUT2D eigenvalue weighted by atomic mass is 10.1. The molecular formula is C13H16O2. The molecule has 0 aliphatic rings. The van der Waals surface area contributed by atoms with Crippen molar-refractivity contribution >= 4 is 12.0 Å². The van der Waals surface area contributed by atoms with E-state index in [0.29, 0.717) is 6.42 Å². The van der Waals surface area contributed by atoms with Gasteiger partial charge in [0, 0.05) is 6.42 Å². The molecule has 1 aromatic carbocycles. The Morgan fingerprint density at radius 1 is 1.40 bits per heavy atom. The molecular weight excluding hydrogens is 188 g/mol. The number of methoxy groups -OCH3 is 1. The number of carbonyl (C=O) groups is 1. The Morgan fingerprint density at radius 3 is 2.80 bits per heavy atom. The average molecular weight is 204 g/mol. The molecule has 1 rings (SSSR count). The monoisotopic (exact) mass is 204 g/mol. The topological polar surface area (TPSA) is 26.3 Å². The van der Waals surface area contributed by atoms with Gasteiger partial charge in [0.1, 0.15) is 0 Å². The predicted octanol–water partition coefficient (Wildman–Crippen LogP) is 2.96.